The maximum Gasteiger partial charge on any atom is 0.0841 e. The Balaban J connectivity index is 2.21. The number of aromatic nitrogens is 2. The van der Waals surface area contributed by atoms with E-state index in [0.717, 1.165) is 32.5 Å². The normalized spacial score (nSPS) is 12.2. The average molecular weight is 273 g/mol. The lowest BCUT2D eigenvalue weighted by Crippen LogP contribution is -2.15. The second-order valence-electron chi connectivity index (χ2n) is 6.67. The molecule has 2 rings (SSSR count). The van der Waals surface area contributed by atoms with Gasteiger partial charge < -0.3 is 5.32 Å². The Kier molecular flexibility index (Phi) is 4.81. The van der Waals surface area contributed by atoms with E-state index < -0.39 is 0 Å². The van der Waals surface area contributed by atoms with Crippen molar-refractivity contribution < 1.29 is 0 Å². The Labute approximate surface area is 122 Å². The zero-order chi connectivity index (χ0) is 14.6. The minimum atomic E-state index is 0.341. The van der Waals surface area contributed by atoms with Gasteiger partial charge >= 0.3 is 0 Å². The van der Waals surface area contributed by atoms with Crippen LogP contribution in [0.15, 0.2) is 24.3 Å². The molecule has 0 aliphatic rings. The number of aryl methyl sites for hydroxylation is 1. The molecule has 1 heterocycles. The summed E-state index contributed by atoms with van der Waals surface area (Å²) in [6.07, 6.45) is 2.29. The number of nitrogens with one attached hydrogen (secondary N) is 1. The lowest BCUT2D eigenvalue weighted by atomic mass is 9.92. The van der Waals surface area contributed by atoms with Crippen LogP contribution in [0, 0.1) is 5.41 Å². The summed E-state index contributed by atoms with van der Waals surface area (Å²) in [5.41, 5.74) is 2.77. The second kappa shape index (κ2) is 6.40. The van der Waals surface area contributed by atoms with Gasteiger partial charge in [0.15, 0.2) is 0 Å². The molecule has 0 bridgehead atoms. The van der Waals surface area contributed by atoms with Crippen molar-refractivity contribution in [3.05, 3.63) is 30.0 Å². The quantitative estimate of drug-likeness (QED) is 0.807. The molecule has 0 amide bonds. The molecular weight excluding hydrogens is 246 g/mol. The summed E-state index contributed by atoms with van der Waals surface area (Å²) in [4.78, 5) is 0. The van der Waals surface area contributed by atoms with E-state index in [1.165, 1.54) is 16.6 Å². The number of rotatable bonds is 6. The van der Waals surface area contributed by atoms with Gasteiger partial charge in [-0.05, 0) is 30.9 Å². The van der Waals surface area contributed by atoms with Crippen LogP contribution >= 0.6 is 0 Å². The summed E-state index contributed by atoms with van der Waals surface area (Å²) in [6.45, 7) is 11.9. The topological polar surface area (TPSA) is 29.9 Å². The van der Waals surface area contributed by atoms with E-state index in [4.69, 9.17) is 5.10 Å². The SMILES string of the molecule is CCCNCc1nn(CCC(C)(C)C)c2ccccc12. The van der Waals surface area contributed by atoms with E-state index in [2.05, 4.69) is 62.0 Å². The van der Waals surface area contributed by atoms with Crippen molar-refractivity contribution in [3.63, 3.8) is 0 Å². The Hall–Kier alpha value is -1.35. The van der Waals surface area contributed by atoms with E-state index in [-0.39, 0.29) is 0 Å². The van der Waals surface area contributed by atoms with E-state index >= 15 is 0 Å². The number of benzene rings is 1. The molecule has 1 aromatic carbocycles. The first kappa shape index (κ1) is 15.0. The number of para-hydroxylation sites is 1. The van der Waals surface area contributed by atoms with Crippen LogP contribution in [-0.2, 0) is 13.1 Å². The molecule has 0 atom stereocenters. The highest BCUT2D eigenvalue weighted by molar-refractivity contribution is 5.81. The van der Waals surface area contributed by atoms with Crippen LogP contribution in [0.3, 0.4) is 0 Å². The van der Waals surface area contributed by atoms with E-state index in [0.29, 0.717) is 5.41 Å². The van der Waals surface area contributed by atoms with Crippen LogP contribution in [-0.4, -0.2) is 16.3 Å². The summed E-state index contributed by atoms with van der Waals surface area (Å²) in [6, 6.07) is 8.55. The minimum absolute atomic E-state index is 0.341. The summed E-state index contributed by atoms with van der Waals surface area (Å²) < 4.78 is 2.17. The number of fused-ring (bicyclic) bond motifs is 1. The first-order chi connectivity index (χ1) is 9.51. The fraction of sp³-hybridized carbons (Fsp3) is 0.588. The van der Waals surface area contributed by atoms with Gasteiger partial charge in [-0.15, -0.1) is 0 Å². The molecule has 1 aromatic heterocycles. The molecule has 0 saturated carbocycles. The molecule has 0 unspecified atom stereocenters. The van der Waals surface area contributed by atoms with Crippen molar-refractivity contribution in [2.75, 3.05) is 6.54 Å². The third-order valence-corrected chi connectivity index (χ3v) is 3.53. The van der Waals surface area contributed by atoms with E-state index in [9.17, 15) is 0 Å². The summed E-state index contributed by atoms with van der Waals surface area (Å²) in [5, 5.41) is 9.55. The van der Waals surface area contributed by atoms with Gasteiger partial charge in [0.2, 0.25) is 0 Å². The molecule has 2 aromatic rings. The van der Waals surface area contributed by atoms with E-state index in [1.807, 2.05) is 0 Å². The van der Waals surface area contributed by atoms with Crippen molar-refractivity contribution in [1.29, 1.82) is 0 Å². The van der Waals surface area contributed by atoms with Crippen molar-refractivity contribution >= 4 is 10.9 Å². The van der Waals surface area contributed by atoms with Crippen LogP contribution in [0.5, 0.6) is 0 Å². The third kappa shape index (κ3) is 3.83. The molecule has 0 aliphatic carbocycles. The van der Waals surface area contributed by atoms with Gasteiger partial charge in [-0.3, -0.25) is 4.68 Å². The first-order valence-corrected chi connectivity index (χ1v) is 7.66. The summed E-state index contributed by atoms with van der Waals surface area (Å²) >= 11 is 0. The molecule has 20 heavy (non-hydrogen) atoms. The third-order valence-electron chi connectivity index (χ3n) is 3.53. The summed E-state index contributed by atoms with van der Waals surface area (Å²) in [7, 11) is 0. The second-order valence-corrected chi connectivity index (χ2v) is 6.67. The molecule has 0 aliphatic heterocycles. The highest BCUT2D eigenvalue weighted by atomic mass is 15.3. The van der Waals surface area contributed by atoms with Gasteiger partial charge in [0, 0.05) is 18.5 Å². The number of hydrogen-bond acceptors (Lipinski definition) is 2. The zero-order valence-corrected chi connectivity index (χ0v) is 13.2. The number of hydrogen-bond donors (Lipinski definition) is 1. The summed E-state index contributed by atoms with van der Waals surface area (Å²) in [5.74, 6) is 0. The predicted octanol–water partition coefficient (Wildman–Crippen LogP) is 3.97. The maximum atomic E-state index is 4.82. The minimum Gasteiger partial charge on any atom is -0.311 e. The Morgan fingerprint density at radius 3 is 2.65 bits per heavy atom. The van der Waals surface area contributed by atoms with Gasteiger partial charge in [-0.2, -0.15) is 5.10 Å². The number of nitrogens with zero attached hydrogens (tertiary/aromatic N) is 2. The maximum absolute atomic E-state index is 4.82. The van der Waals surface area contributed by atoms with Crippen molar-refractivity contribution in [2.45, 2.75) is 53.6 Å². The van der Waals surface area contributed by atoms with Crippen LogP contribution in [0.2, 0.25) is 0 Å². The van der Waals surface area contributed by atoms with E-state index in [1.54, 1.807) is 0 Å². The van der Waals surface area contributed by atoms with Crippen LogP contribution < -0.4 is 5.32 Å². The van der Waals surface area contributed by atoms with Gasteiger partial charge in [0.25, 0.3) is 0 Å². The zero-order valence-electron chi connectivity index (χ0n) is 13.2. The van der Waals surface area contributed by atoms with Crippen molar-refractivity contribution in [2.24, 2.45) is 5.41 Å². The lowest BCUT2D eigenvalue weighted by molar-refractivity contribution is 0.343. The Morgan fingerprint density at radius 1 is 1.20 bits per heavy atom. The fourth-order valence-electron chi connectivity index (χ4n) is 2.32. The first-order valence-electron chi connectivity index (χ1n) is 7.66. The molecule has 3 heteroatoms. The molecule has 1 N–H and O–H groups in total. The molecule has 0 spiro atoms. The molecule has 3 nitrogen and oxygen atoms in total. The Morgan fingerprint density at radius 2 is 1.95 bits per heavy atom. The van der Waals surface area contributed by atoms with Gasteiger partial charge in [-0.25, -0.2) is 0 Å². The van der Waals surface area contributed by atoms with Gasteiger partial charge in [-0.1, -0.05) is 45.9 Å². The fourth-order valence-corrected chi connectivity index (χ4v) is 2.32. The van der Waals surface area contributed by atoms with Crippen LogP contribution in [0.1, 0.15) is 46.2 Å². The highest BCUT2D eigenvalue weighted by Crippen LogP contribution is 2.23. The Bertz CT molecular complexity index is 549. The lowest BCUT2D eigenvalue weighted by Gasteiger charge is -2.17. The van der Waals surface area contributed by atoms with Crippen molar-refractivity contribution in [1.82, 2.24) is 15.1 Å². The largest absolute Gasteiger partial charge is 0.311 e. The predicted molar refractivity (Wildman–Crippen MR) is 85.8 cm³/mol. The highest BCUT2D eigenvalue weighted by Gasteiger charge is 2.13. The van der Waals surface area contributed by atoms with Gasteiger partial charge in [0.1, 0.15) is 0 Å². The smallest absolute Gasteiger partial charge is 0.0841 e. The molecule has 0 radical (unpaired) electrons. The average Bonchev–Trinajstić information content (AvgIpc) is 2.75. The molecule has 0 fully saturated rings. The monoisotopic (exact) mass is 273 g/mol. The van der Waals surface area contributed by atoms with Crippen LogP contribution in [0.25, 0.3) is 10.9 Å². The van der Waals surface area contributed by atoms with Crippen LogP contribution in [0.4, 0.5) is 0 Å². The molecule has 110 valence electrons. The van der Waals surface area contributed by atoms with Crippen molar-refractivity contribution in [3.8, 4) is 0 Å². The molecule has 0 saturated heterocycles. The van der Waals surface area contributed by atoms with Gasteiger partial charge in [0.05, 0.1) is 11.2 Å². The standard InChI is InChI=1S/C17H27N3/c1-5-11-18-13-15-14-8-6-7-9-16(14)20(19-15)12-10-17(2,3)4/h6-9,18H,5,10-13H2,1-4H3. The molecular formula is C17H27N3.